The Morgan fingerprint density at radius 3 is 1.62 bits per heavy atom. The van der Waals surface area contributed by atoms with Gasteiger partial charge in [-0.25, -0.2) is 5.82 Å². The molecule has 0 fully saturated rings. The zero-order chi connectivity index (χ0) is 5.91. The van der Waals surface area contributed by atoms with Crippen molar-refractivity contribution in [3.63, 3.8) is 0 Å². The quantitative estimate of drug-likeness (QED) is 0.285. The van der Waals surface area contributed by atoms with Crippen LogP contribution < -0.4 is 51.4 Å². The zero-order valence-corrected chi connectivity index (χ0v) is 7.83. The van der Waals surface area contributed by atoms with E-state index < -0.39 is 6.98 Å². The minimum absolute atomic E-state index is 0. The molecule has 0 aromatic heterocycles. The fourth-order valence-corrected chi connectivity index (χ4v) is 0.164. The molecule has 0 N–H and O–H groups in total. The molecule has 0 radical (unpaired) electrons. The molecule has 0 aliphatic carbocycles. The summed E-state index contributed by atoms with van der Waals surface area (Å²) in [5.74, 6) is 2.86. The van der Waals surface area contributed by atoms with Gasteiger partial charge in [-0.1, -0.05) is 0 Å². The Morgan fingerprint density at radius 1 is 1.25 bits per heavy atom. The smallest absolute Gasteiger partial charge is 0.438 e. The fourth-order valence-electron chi connectivity index (χ4n) is 0.164. The van der Waals surface area contributed by atoms with Crippen molar-refractivity contribution in [3.8, 4) is 11.7 Å². The number of halogens is 3. The number of rotatable bonds is 0. The van der Waals surface area contributed by atoms with Crippen molar-refractivity contribution in [2.45, 2.75) is 6.92 Å². The van der Waals surface area contributed by atoms with Crippen LogP contribution in [0.1, 0.15) is 6.92 Å². The summed E-state index contributed by atoms with van der Waals surface area (Å²) in [6.45, 7) is -3.69. The molecule has 5 heteroatoms. The van der Waals surface area contributed by atoms with E-state index in [9.17, 15) is 12.9 Å². The van der Waals surface area contributed by atoms with E-state index in [-0.39, 0.29) is 51.4 Å². The third kappa shape index (κ3) is 10.1. The first-order valence-electron chi connectivity index (χ1n) is 1.69. The van der Waals surface area contributed by atoms with Crippen molar-refractivity contribution in [1.29, 1.82) is 0 Å². The largest absolute Gasteiger partial charge is 1.00 e. The van der Waals surface area contributed by atoms with E-state index in [1.807, 2.05) is 0 Å². The molecular weight excluding hydrogens is 143 g/mol. The summed E-state index contributed by atoms with van der Waals surface area (Å²) in [6.07, 6.45) is 0. The second-order valence-corrected chi connectivity index (χ2v) is 0.969. The van der Waals surface area contributed by atoms with Gasteiger partial charge in [-0.15, -0.1) is 5.92 Å². The van der Waals surface area contributed by atoms with Gasteiger partial charge in [0.25, 0.3) is 0 Å². The number of hydrogen-bond donors (Lipinski definition) is 0. The first kappa shape index (κ1) is 11.8. The van der Waals surface area contributed by atoms with Crippen LogP contribution in [-0.4, -0.2) is 6.98 Å². The number of hydrogen-bond acceptors (Lipinski definition) is 0. The summed E-state index contributed by atoms with van der Waals surface area (Å²) in [6, 6.07) is 0. The SMILES string of the molecule is CC#C[B-](F)(F)F.[K+]. The van der Waals surface area contributed by atoms with Crippen molar-refractivity contribution in [3.05, 3.63) is 0 Å². The van der Waals surface area contributed by atoms with Crippen LogP contribution in [0.5, 0.6) is 0 Å². The fraction of sp³-hybridized carbons (Fsp3) is 0.333. The van der Waals surface area contributed by atoms with Crippen LogP contribution in [0.25, 0.3) is 0 Å². The minimum atomic E-state index is -4.85. The molecule has 8 heavy (non-hydrogen) atoms. The van der Waals surface area contributed by atoms with Crippen LogP contribution >= 0.6 is 0 Å². The molecule has 0 unspecified atom stereocenters. The predicted molar refractivity (Wildman–Crippen MR) is 22.5 cm³/mol. The van der Waals surface area contributed by atoms with Gasteiger partial charge in [0, 0.05) is 0 Å². The molecule has 0 aliphatic heterocycles. The molecular formula is C3H3BF3K. The molecule has 0 rings (SSSR count). The summed E-state index contributed by atoms with van der Waals surface area (Å²) in [7, 11) is 0. The first-order valence-corrected chi connectivity index (χ1v) is 1.69. The molecule has 0 heterocycles. The molecule has 0 atom stereocenters. The van der Waals surface area contributed by atoms with Gasteiger partial charge in [-0.3, -0.25) is 0 Å². The van der Waals surface area contributed by atoms with Crippen LogP contribution in [-0.2, 0) is 0 Å². The van der Waals surface area contributed by atoms with Gasteiger partial charge >= 0.3 is 58.4 Å². The van der Waals surface area contributed by atoms with Crippen molar-refractivity contribution < 1.29 is 64.3 Å². The molecule has 0 bridgehead atoms. The monoisotopic (exact) mass is 146 g/mol. The van der Waals surface area contributed by atoms with E-state index >= 15 is 0 Å². The van der Waals surface area contributed by atoms with Gasteiger partial charge in [0.1, 0.15) is 0 Å². The summed E-state index contributed by atoms with van der Waals surface area (Å²) < 4.78 is 32.8. The van der Waals surface area contributed by atoms with Gasteiger partial charge in [0.2, 0.25) is 0 Å². The average molecular weight is 146 g/mol. The third-order valence-electron chi connectivity index (χ3n) is 0.308. The van der Waals surface area contributed by atoms with Gasteiger partial charge in [-0.2, -0.15) is 0 Å². The van der Waals surface area contributed by atoms with Crippen LogP contribution in [0.3, 0.4) is 0 Å². The van der Waals surface area contributed by atoms with E-state index in [0.29, 0.717) is 0 Å². The van der Waals surface area contributed by atoms with Gasteiger partial charge in [-0.05, 0) is 6.92 Å². The molecule has 0 aromatic rings. The molecule has 0 aromatic carbocycles. The Kier molecular flexibility index (Phi) is 7.21. The van der Waals surface area contributed by atoms with Crippen LogP contribution in [0.4, 0.5) is 12.9 Å². The van der Waals surface area contributed by atoms with Crippen LogP contribution in [0.2, 0.25) is 0 Å². The van der Waals surface area contributed by atoms with Gasteiger partial charge < -0.3 is 12.9 Å². The van der Waals surface area contributed by atoms with E-state index in [1.165, 1.54) is 0 Å². The maximum atomic E-state index is 10.9. The second kappa shape index (κ2) is 4.89. The molecule has 0 nitrogen and oxygen atoms in total. The van der Waals surface area contributed by atoms with E-state index in [2.05, 4.69) is 0 Å². The second-order valence-electron chi connectivity index (χ2n) is 0.969. The molecule has 0 spiro atoms. The average Bonchev–Trinajstić information content (AvgIpc) is 1.30. The first-order chi connectivity index (χ1) is 3.06. The van der Waals surface area contributed by atoms with E-state index in [4.69, 9.17) is 0 Å². The zero-order valence-electron chi connectivity index (χ0n) is 4.71. The van der Waals surface area contributed by atoms with Gasteiger partial charge in [0.05, 0.1) is 0 Å². The Labute approximate surface area is 88.7 Å². The van der Waals surface area contributed by atoms with Crippen LogP contribution in [0, 0.1) is 11.7 Å². The molecule has 0 amide bonds. The van der Waals surface area contributed by atoms with Crippen LogP contribution in [0.15, 0.2) is 0 Å². The predicted octanol–water partition coefficient (Wildman–Crippen LogP) is -1.60. The summed E-state index contributed by atoms with van der Waals surface area (Å²) >= 11 is 0. The van der Waals surface area contributed by atoms with Gasteiger partial charge in [0.15, 0.2) is 0 Å². The summed E-state index contributed by atoms with van der Waals surface area (Å²) in [5, 5.41) is 0. The Morgan fingerprint density at radius 2 is 1.62 bits per heavy atom. The summed E-state index contributed by atoms with van der Waals surface area (Å²) in [4.78, 5) is 0. The maximum absolute atomic E-state index is 10.9. The molecule has 0 saturated heterocycles. The molecule has 0 aliphatic rings. The topological polar surface area (TPSA) is 0 Å². The Bertz CT molecular complexity index is 108. The van der Waals surface area contributed by atoms with Crippen molar-refractivity contribution in [2.24, 2.45) is 0 Å². The van der Waals surface area contributed by atoms with Crippen molar-refractivity contribution >= 4 is 6.98 Å². The van der Waals surface area contributed by atoms with E-state index in [0.717, 1.165) is 12.7 Å². The van der Waals surface area contributed by atoms with Crippen molar-refractivity contribution in [1.82, 2.24) is 0 Å². The standard InChI is InChI=1S/C3H3BF3.K/c1-2-3-4(5,6)7;/h1H3;/q-1;+1. The third-order valence-corrected chi connectivity index (χ3v) is 0.308. The minimum Gasteiger partial charge on any atom is -0.438 e. The Hall–Kier alpha value is 1.05. The normalized spacial score (nSPS) is 8.50. The van der Waals surface area contributed by atoms with Crippen molar-refractivity contribution in [2.75, 3.05) is 0 Å². The van der Waals surface area contributed by atoms with E-state index in [1.54, 1.807) is 5.92 Å². The molecule has 0 saturated carbocycles. The Balaban J connectivity index is 0. The summed E-state index contributed by atoms with van der Waals surface area (Å²) in [5.41, 5.74) is 0. The maximum Gasteiger partial charge on any atom is 1.00 e. The molecule has 40 valence electrons.